The van der Waals surface area contributed by atoms with Crippen LogP contribution in [-0.2, 0) is 0 Å². The summed E-state index contributed by atoms with van der Waals surface area (Å²) >= 11 is 0. The lowest BCUT2D eigenvalue weighted by Gasteiger charge is -2.59. The van der Waals surface area contributed by atoms with Gasteiger partial charge in [0.05, 0.1) is 0 Å². The largest absolute Gasteiger partial charge is 0.335 e. The zero-order valence-electron chi connectivity index (χ0n) is 14.6. The topological polar surface area (TPSA) is 41.1 Å². The maximum absolute atomic E-state index is 12.2. The lowest BCUT2D eigenvalue weighted by atomic mass is 9.48. The lowest BCUT2D eigenvalue weighted by Crippen LogP contribution is -2.56. The molecular formula is C19H32N2O. The first-order valence-electron chi connectivity index (χ1n) is 9.11. The number of carbonyl (C=O) groups excluding carboxylic acids is 1. The molecule has 4 rings (SSSR count). The van der Waals surface area contributed by atoms with Crippen LogP contribution in [0.25, 0.3) is 0 Å². The molecule has 2 amide bonds. The number of hydrogen-bond donors (Lipinski definition) is 2. The van der Waals surface area contributed by atoms with Crippen LogP contribution in [0.5, 0.6) is 0 Å². The fourth-order valence-electron chi connectivity index (χ4n) is 5.45. The minimum atomic E-state index is -0.0387. The van der Waals surface area contributed by atoms with E-state index in [1.807, 2.05) is 6.20 Å². The fourth-order valence-corrected chi connectivity index (χ4v) is 5.45. The molecule has 0 radical (unpaired) electrons. The SMILES string of the molecule is C/C(=C\NC(=O)NC(C)C12CC3CC(CC(C3)C1)C2)C(C)C. The Morgan fingerprint density at radius 2 is 1.55 bits per heavy atom. The molecule has 3 heteroatoms. The normalized spacial score (nSPS) is 38.2. The summed E-state index contributed by atoms with van der Waals surface area (Å²) in [5.41, 5.74) is 1.58. The van der Waals surface area contributed by atoms with E-state index in [1.54, 1.807) is 0 Å². The van der Waals surface area contributed by atoms with Gasteiger partial charge in [-0.2, -0.15) is 0 Å². The molecule has 2 N–H and O–H groups in total. The van der Waals surface area contributed by atoms with E-state index in [0.29, 0.717) is 11.3 Å². The number of rotatable bonds is 4. The molecule has 1 atom stereocenters. The third-order valence-corrected chi connectivity index (χ3v) is 6.69. The van der Waals surface area contributed by atoms with Gasteiger partial charge in [-0.25, -0.2) is 4.79 Å². The van der Waals surface area contributed by atoms with E-state index in [9.17, 15) is 4.79 Å². The van der Waals surface area contributed by atoms with E-state index in [1.165, 1.54) is 44.1 Å². The highest BCUT2D eigenvalue weighted by Crippen LogP contribution is 2.61. The quantitative estimate of drug-likeness (QED) is 0.791. The maximum Gasteiger partial charge on any atom is 0.318 e. The van der Waals surface area contributed by atoms with Gasteiger partial charge in [-0.3, -0.25) is 0 Å². The maximum atomic E-state index is 12.2. The predicted molar refractivity (Wildman–Crippen MR) is 90.3 cm³/mol. The first-order valence-corrected chi connectivity index (χ1v) is 9.11. The highest BCUT2D eigenvalue weighted by Gasteiger charge is 2.53. The van der Waals surface area contributed by atoms with E-state index in [2.05, 4.69) is 38.3 Å². The summed E-state index contributed by atoms with van der Waals surface area (Å²) in [7, 11) is 0. The van der Waals surface area contributed by atoms with Gasteiger partial charge < -0.3 is 10.6 Å². The average Bonchev–Trinajstić information content (AvgIpc) is 2.43. The van der Waals surface area contributed by atoms with Crippen molar-refractivity contribution in [3.63, 3.8) is 0 Å². The smallest absolute Gasteiger partial charge is 0.318 e. The second-order valence-electron chi connectivity index (χ2n) is 8.66. The van der Waals surface area contributed by atoms with Crippen molar-refractivity contribution in [3.05, 3.63) is 11.8 Å². The molecular weight excluding hydrogens is 272 g/mol. The molecule has 4 bridgehead atoms. The second kappa shape index (κ2) is 5.90. The van der Waals surface area contributed by atoms with Crippen molar-refractivity contribution in [3.8, 4) is 0 Å². The van der Waals surface area contributed by atoms with Gasteiger partial charge in [0.1, 0.15) is 0 Å². The molecule has 4 aliphatic carbocycles. The predicted octanol–water partition coefficient (Wildman–Crippen LogP) is 4.45. The number of urea groups is 1. The van der Waals surface area contributed by atoms with Gasteiger partial charge in [-0.15, -0.1) is 0 Å². The molecule has 4 aliphatic rings. The van der Waals surface area contributed by atoms with Crippen LogP contribution in [0, 0.1) is 29.1 Å². The Morgan fingerprint density at radius 1 is 1.05 bits per heavy atom. The molecule has 124 valence electrons. The van der Waals surface area contributed by atoms with Crippen molar-refractivity contribution >= 4 is 6.03 Å². The van der Waals surface area contributed by atoms with Crippen LogP contribution >= 0.6 is 0 Å². The van der Waals surface area contributed by atoms with E-state index < -0.39 is 0 Å². The van der Waals surface area contributed by atoms with Crippen molar-refractivity contribution in [1.82, 2.24) is 10.6 Å². The van der Waals surface area contributed by atoms with Gasteiger partial charge in [0.2, 0.25) is 0 Å². The molecule has 0 saturated heterocycles. The molecule has 0 aliphatic heterocycles. The first-order chi connectivity index (χ1) is 10.4. The molecule has 1 unspecified atom stereocenters. The fraction of sp³-hybridized carbons (Fsp3) is 0.842. The van der Waals surface area contributed by atoms with Crippen molar-refractivity contribution in [2.45, 2.75) is 72.3 Å². The number of allylic oxidation sites excluding steroid dienone is 1. The van der Waals surface area contributed by atoms with Gasteiger partial charge in [-0.1, -0.05) is 19.4 Å². The number of hydrogen-bond acceptors (Lipinski definition) is 1. The highest BCUT2D eigenvalue weighted by atomic mass is 16.2. The number of nitrogens with one attached hydrogen (secondary N) is 2. The standard InChI is InChI=1S/C19H32N2O/c1-12(2)13(3)11-20-18(22)21-14(4)19-8-15-5-16(9-19)7-17(6-15)10-19/h11-12,14-17H,5-10H2,1-4H3,(H2,20,21,22)/b13-11+. The molecule has 0 aromatic carbocycles. The van der Waals surface area contributed by atoms with Crippen molar-refractivity contribution < 1.29 is 4.79 Å². The molecule has 22 heavy (non-hydrogen) atoms. The highest BCUT2D eigenvalue weighted by molar-refractivity contribution is 5.75. The van der Waals surface area contributed by atoms with Crippen LogP contribution in [0.4, 0.5) is 4.79 Å². The summed E-state index contributed by atoms with van der Waals surface area (Å²) in [4.78, 5) is 12.2. The number of amides is 2. The average molecular weight is 304 g/mol. The Labute approximate surface area is 135 Å². The van der Waals surface area contributed by atoms with Crippen molar-refractivity contribution in [2.75, 3.05) is 0 Å². The van der Waals surface area contributed by atoms with Gasteiger partial charge in [0, 0.05) is 12.2 Å². The Bertz CT molecular complexity index is 431. The Balaban J connectivity index is 1.59. The van der Waals surface area contributed by atoms with E-state index in [4.69, 9.17) is 0 Å². The third kappa shape index (κ3) is 3.04. The van der Waals surface area contributed by atoms with Gasteiger partial charge in [0.25, 0.3) is 0 Å². The summed E-state index contributed by atoms with van der Waals surface area (Å²) in [6, 6.07) is 0.247. The van der Waals surface area contributed by atoms with Gasteiger partial charge in [-0.05, 0) is 81.5 Å². The zero-order chi connectivity index (χ0) is 15.9. The summed E-state index contributed by atoms with van der Waals surface area (Å²) < 4.78 is 0. The summed E-state index contributed by atoms with van der Waals surface area (Å²) in [5, 5.41) is 6.15. The van der Waals surface area contributed by atoms with Crippen LogP contribution < -0.4 is 10.6 Å². The molecule has 3 nitrogen and oxygen atoms in total. The van der Waals surface area contributed by atoms with E-state index >= 15 is 0 Å². The van der Waals surface area contributed by atoms with Crippen molar-refractivity contribution in [1.29, 1.82) is 0 Å². The minimum absolute atomic E-state index is 0.0387. The van der Waals surface area contributed by atoms with Crippen molar-refractivity contribution in [2.24, 2.45) is 29.1 Å². The molecule has 0 heterocycles. The molecule has 0 aromatic heterocycles. The van der Waals surface area contributed by atoms with Crippen LogP contribution in [0.3, 0.4) is 0 Å². The first kappa shape index (κ1) is 15.9. The Hall–Kier alpha value is -0.990. The van der Waals surface area contributed by atoms with Crippen LogP contribution in [0.15, 0.2) is 11.8 Å². The Kier molecular flexibility index (Phi) is 4.26. The molecule has 0 spiro atoms. The summed E-state index contributed by atoms with van der Waals surface area (Å²) in [5.74, 6) is 3.27. The van der Waals surface area contributed by atoms with Crippen LogP contribution in [-0.4, -0.2) is 12.1 Å². The summed E-state index contributed by atoms with van der Waals surface area (Å²) in [6.45, 7) is 8.58. The third-order valence-electron chi connectivity index (χ3n) is 6.69. The lowest BCUT2D eigenvalue weighted by molar-refractivity contribution is -0.0681. The molecule has 4 fully saturated rings. The monoisotopic (exact) mass is 304 g/mol. The Morgan fingerprint density at radius 3 is 2.00 bits per heavy atom. The van der Waals surface area contributed by atoms with E-state index in [0.717, 1.165) is 17.8 Å². The zero-order valence-corrected chi connectivity index (χ0v) is 14.6. The van der Waals surface area contributed by atoms with Gasteiger partial charge in [0.15, 0.2) is 0 Å². The van der Waals surface area contributed by atoms with Gasteiger partial charge >= 0.3 is 6.03 Å². The van der Waals surface area contributed by atoms with E-state index in [-0.39, 0.29) is 12.1 Å². The van der Waals surface area contributed by atoms with Crippen LogP contribution in [0.1, 0.15) is 66.2 Å². The molecule has 0 aromatic rings. The minimum Gasteiger partial charge on any atom is -0.335 e. The second-order valence-corrected chi connectivity index (χ2v) is 8.66. The number of carbonyl (C=O) groups is 1. The van der Waals surface area contributed by atoms with Crippen LogP contribution in [0.2, 0.25) is 0 Å². The molecule has 4 saturated carbocycles. The summed E-state index contributed by atoms with van der Waals surface area (Å²) in [6.07, 6.45) is 10.2.